The molecular formula is C16H14O5. The summed E-state index contributed by atoms with van der Waals surface area (Å²) in [6, 6.07) is 13.5. The van der Waals surface area contributed by atoms with Gasteiger partial charge in [0.25, 0.3) is 0 Å². The Labute approximate surface area is 122 Å². The molecule has 108 valence electrons. The summed E-state index contributed by atoms with van der Waals surface area (Å²) in [7, 11) is 1.51. The molecule has 0 atom stereocenters. The second-order valence-corrected chi connectivity index (χ2v) is 4.07. The molecule has 0 aliphatic carbocycles. The highest BCUT2D eigenvalue weighted by Gasteiger charge is 2.11. The van der Waals surface area contributed by atoms with Gasteiger partial charge in [-0.15, -0.1) is 0 Å². The fraction of sp³-hybridized carbons (Fsp3) is 0.125. The van der Waals surface area contributed by atoms with Crippen LogP contribution in [-0.4, -0.2) is 26.0 Å². The lowest BCUT2D eigenvalue weighted by molar-refractivity contribution is -0.136. The van der Waals surface area contributed by atoms with E-state index in [2.05, 4.69) is 0 Å². The zero-order valence-corrected chi connectivity index (χ0v) is 11.4. The summed E-state index contributed by atoms with van der Waals surface area (Å²) in [6.07, 6.45) is 0.629. The molecule has 0 aliphatic heterocycles. The van der Waals surface area contributed by atoms with Gasteiger partial charge in [0.2, 0.25) is 0 Å². The second kappa shape index (κ2) is 7.09. The molecular weight excluding hydrogens is 272 g/mol. The first kappa shape index (κ1) is 14.6. The van der Waals surface area contributed by atoms with Crippen molar-refractivity contribution in [3.05, 3.63) is 54.1 Å². The Balaban J connectivity index is 1.98. The van der Waals surface area contributed by atoms with Crippen molar-refractivity contribution in [2.75, 3.05) is 13.7 Å². The number of para-hydroxylation sites is 3. The fourth-order valence-corrected chi connectivity index (χ4v) is 1.70. The van der Waals surface area contributed by atoms with Crippen molar-refractivity contribution < 1.29 is 23.8 Å². The fourth-order valence-electron chi connectivity index (χ4n) is 1.70. The van der Waals surface area contributed by atoms with Gasteiger partial charge in [-0.05, 0) is 24.3 Å². The average molecular weight is 286 g/mol. The molecule has 2 aromatic carbocycles. The molecule has 0 N–H and O–H groups in total. The third-order valence-electron chi connectivity index (χ3n) is 2.68. The quantitative estimate of drug-likeness (QED) is 0.464. The van der Waals surface area contributed by atoms with E-state index < -0.39 is 5.97 Å². The van der Waals surface area contributed by atoms with Crippen LogP contribution in [0.3, 0.4) is 0 Å². The molecule has 0 saturated heterocycles. The topological polar surface area (TPSA) is 61.8 Å². The van der Waals surface area contributed by atoms with Gasteiger partial charge in [0.15, 0.2) is 24.4 Å². The van der Waals surface area contributed by atoms with Gasteiger partial charge in [0, 0.05) is 0 Å². The van der Waals surface area contributed by atoms with Crippen molar-refractivity contribution in [2.45, 2.75) is 0 Å². The Bertz CT molecular complexity index is 636. The Morgan fingerprint density at radius 2 is 1.62 bits per heavy atom. The van der Waals surface area contributed by atoms with Crippen LogP contribution in [-0.2, 0) is 4.79 Å². The summed E-state index contributed by atoms with van der Waals surface area (Å²) >= 11 is 0. The molecule has 0 bridgehead atoms. The van der Waals surface area contributed by atoms with Gasteiger partial charge in [-0.2, -0.15) is 0 Å². The zero-order chi connectivity index (χ0) is 15.1. The summed E-state index contributed by atoms with van der Waals surface area (Å²) < 4.78 is 15.6. The molecule has 5 heteroatoms. The summed E-state index contributed by atoms with van der Waals surface area (Å²) in [5.41, 5.74) is 0.308. The van der Waals surface area contributed by atoms with Crippen LogP contribution in [0.2, 0.25) is 0 Å². The number of carbonyl (C=O) groups is 2. The molecule has 21 heavy (non-hydrogen) atoms. The van der Waals surface area contributed by atoms with Crippen molar-refractivity contribution in [1.29, 1.82) is 0 Å². The van der Waals surface area contributed by atoms with Gasteiger partial charge < -0.3 is 14.2 Å². The number of aldehydes is 1. The van der Waals surface area contributed by atoms with Gasteiger partial charge in [-0.25, -0.2) is 4.79 Å². The lowest BCUT2D eigenvalue weighted by atomic mass is 10.2. The first-order valence-electron chi connectivity index (χ1n) is 6.25. The molecule has 0 fully saturated rings. The van der Waals surface area contributed by atoms with Crippen LogP contribution in [0.15, 0.2) is 48.5 Å². The van der Waals surface area contributed by atoms with E-state index in [4.69, 9.17) is 14.2 Å². The number of carbonyl (C=O) groups excluding carboxylic acids is 2. The van der Waals surface area contributed by atoms with Gasteiger partial charge >= 0.3 is 5.97 Å². The molecule has 0 spiro atoms. The molecule has 2 aromatic rings. The average Bonchev–Trinajstić information content (AvgIpc) is 2.53. The van der Waals surface area contributed by atoms with Gasteiger partial charge in [-0.1, -0.05) is 24.3 Å². The Morgan fingerprint density at radius 3 is 2.29 bits per heavy atom. The molecule has 0 unspecified atom stereocenters. The summed E-state index contributed by atoms with van der Waals surface area (Å²) in [4.78, 5) is 22.6. The maximum atomic E-state index is 11.7. The Hall–Kier alpha value is -2.82. The van der Waals surface area contributed by atoms with E-state index >= 15 is 0 Å². The maximum Gasteiger partial charge on any atom is 0.349 e. The van der Waals surface area contributed by atoms with E-state index in [1.807, 2.05) is 0 Å². The number of hydrogen-bond donors (Lipinski definition) is 0. The minimum absolute atomic E-state index is 0.209. The van der Waals surface area contributed by atoms with Gasteiger partial charge in [0.05, 0.1) is 12.7 Å². The second-order valence-electron chi connectivity index (χ2n) is 4.07. The highest BCUT2D eigenvalue weighted by molar-refractivity contribution is 5.82. The predicted octanol–water partition coefficient (Wildman–Crippen LogP) is 2.49. The number of esters is 1. The number of hydrogen-bond acceptors (Lipinski definition) is 5. The van der Waals surface area contributed by atoms with Gasteiger partial charge in [-0.3, -0.25) is 4.79 Å². The van der Waals surface area contributed by atoms with Crippen LogP contribution < -0.4 is 14.2 Å². The first-order valence-corrected chi connectivity index (χ1v) is 6.25. The van der Waals surface area contributed by atoms with Crippen molar-refractivity contribution in [3.63, 3.8) is 0 Å². The summed E-state index contributed by atoms with van der Waals surface area (Å²) in [5.74, 6) is 0.579. The van der Waals surface area contributed by atoms with E-state index in [0.29, 0.717) is 23.3 Å². The molecule has 0 amide bonds. The number of methoxy groups -OCH3 is 1. The molecule has 0 radical (unpaired) electrons. The Kier molecular flexibility index (Phi) is 4.93. The third-order valence-corrected chi connectivity index (χ3v) is 2.68. The number of ether oxygens (including phenoxy) is 3. The molecule has 2 rings (SSSR count). The largest absolute Gasteiger partial charge is 0.493 e. The summed E-state index contributed by atoms with van der Waals surface area (Å²) in [5, 5.41) is 0. The van der Waals surface area contributed by atoms with Crippen LogP contribution >= 0.6 is 0 Å². The number of rotatable bonds is 6. The lowest BCUT2D eigenvalue weighted by Gasteiger charge is -2.10. The summed E-state index contributed by atoms with van der Waals surface area (Å²) in [6.45, 7) is -0.284. The van der Waals surface area contributed by atoms with E-state index in [-0.39, 0.29) is 12.4 Å². The minimum atomic E-state index is -0.602. The minimum Gasteiger partial charge on any atom is -0.493 e. The van der Waals surface area contributed by atoms with Crippen molar-refractivity contribution in [2.24, 2.45) is 0 Å². The van der Waals surface area contributed by atoms with Crippen LogP contribution in [0.5, 0.6) is 17.2 Å². The zero-order valence-electron chi connectivity index (χ0n) is 11.4. The van der Waals surface area contributed by atoms with Crippen molar-refractivity contribution in [1.82, 2.24) is 0 Å². The normalized spacial score (nSPS) is 9.76. The smallest absolute Gasteiger partial charge is 0.349 e. The maximum absolute atomic E-state index is 11.7. The molecule has 5 nitrogen and oxygen atoms in total. The SMILES string of the molecule is COc1ccccc1OCC(=O)Oc1ccccc1C=O. The van der Waals surface area contributed by atoms with Crippen molar-refractivity contribution >= 4 is 12.3 Å². The standard InChI is InChI=1S/C16H14O5/c1-19-14-8-4-5-9-15(14)20-11-16(18)21-13-7-3-2-6-12(13)10-17/h2-10H,11H2,1H3. The number of benzene rings is 2. The van der Waals surface area contributed by atoms with Crippen molar-refractivity contribution in [3.8, 4) is 17.2 Å². The lowest BCUT2D eigenvalue weighted by Crippen LogP contribution is -2.18. The Morgan fingerprint density at radius 1 is 1.00 bits per heavy atom. The monoisotopic (exact) mass is 286 g/mol. The van der Waals surface area contributed by atoms with E-state index in [1.54, 1.807) is 48.5 Å². The van der Waals surface area contributed by atoms with Crippen LogP contribution in [0, 0.1) is 0 Å². The van der Waals surface area contributed by atoms with Crippen LogP contribution in [0.1, 0.15) is 10.4 Å². The van der Waals surface area contributed by atoms with E-state index in [1.165, 1.54) is 7.11 Å². The van der Waals surface area contributed by atoms with E-state index in [0.717, 1.165) is 0 Å². The molecule has 0 aliphatic rings. The van der Waals surface area contributed by atoms with Crippen LogP contribution in [0.4, 0.5) is 0 Å². The third kappa shape index (κ3) is 3.82. The van der Waals surface area contributed by atoms with Crippen LogP contribution in [0.25, 0.3) is 0 Å². The highest BCUT2D eigenvalue weighted by Crippen LogP contribution is 2.25. The van der Waals surface area contributed by atoms with Gasteiger partial charge in [0.1, 0.15) is 5.75 Å². The molecule has 0 aromatic heterocycles. The van der Waals surface area contributed by atoms with E-state index in [9.17, 15) is 9.59 Å². The molecule has 0 saturated carbocycles. The molecule has 0 heterocycles. The predicted molar refractivity (Wildman–Crippen MR) is 76.0 cm³/mol. The first-order chi connectivity index (χ1) is 10.2. The highest BCUT2D eigenvalue weighted by atomic mass is 16.6.